The number of carboxylic acids is 1. The largest absolute Gasteiger partial charge is 0.481 e. The highest BCUT2D eigenvalue weighted by Crippen LogP contribution is 2.17. The lowest BCUT2D eigenvalue weighted by Gasteiger charge is -2.30. The van der Waals surface area contributed by atoms with Crippen molar-refractivity contribution >= 4 is 23.6 Å². The Morgan fingerprint density at radius 2 is 1.93 bits per heavy atom. The number of aliphatic carboxylic acids is 1. The normalized spacial score (nSPS) is 16.2. The van der Waals surface area contributed by atoms with Gasteiger partial charge in [-0.05, 0) is 48.7 Å². The number of benzene rings is 2. The van der Waals surface area contributed by atoms with Gasteiger partial charge in [0.25, 0.3) is 5.91 Å². The molecule has 0 aliphatic carbocycles. The zero-order valence-electron chi connectivity index (χ0n) is 15.7. The van der Waals surface area contributed by atoms with E-state index in [1.54, 1.807) is 24.3 Å². The lowest BCUT2D eigenvalue weighted by molar-refractivity contribution is -0.143. The van der Waals surface area contributed by atoms with Crippen molar-refractivity contribution < 1.29 is 23.9 Å². The average molecular weight is 399 g/mol. The number of likely N-dealkylation sites (tertiary alicyclic amines) is 1. The number of halogens is 1. The maximum Gasteiger partial charge on any atom is 0.317 e. The minimum atomic E-state index is -0.885. The highest BCUT2D eigenvalue weighted by Gasteiger charge is 2.27. The summed E-state index contributed by atoms with van der Waals surface area (Å²) in [6.45, 7) is 0.959. The minimum Gasteiger partial charge on any atom is -0.481 e. The third-order valence-corrected chi connectivity index (χ3v) is 4.77. The Bertz CT molecular complexity index is 918. The second-order valence-electron chi connectivity index (χ2n) is 6.95. The van der Waals surface area contributed by atoms with Crippen LogP contribution in [0.4, 0.5) is 14.9 Å². The second-order valence-corrected chi connectivity index (χ2v) is 6.95. The zero-order chi connectivity index (χ0) is 20.8. The number of piperidine rings is 1. The monoisotopic (exact) mass is 399 g/mol. The lowest BCUT2D eigenvalue weighted by atomic mass is 9.99. The van der Waals surface area contributed by atoms with Crippen LogP contribution in [-0.2, 0) is 11.3 Å². The number of anilines is 1. The van der Waals surface area contributed by atoms with Crippen molar-refractivity contribution in [1.29, 1.82) is 0 Å². The van der Waals surface area contributed by atoms with E-state index < -0.39 is 23.6 Å². The SMILES string of the molecule is O=C(Nc1cccc(CNC(=O)N2CCCC(C(=O)O)C2)c1)c1cccc(F)c1. The lowest BCUT2D eigenvalue weighted by Crippen LogP contribution is -2.46. The molecule has 1 fully saturated rings. The van der Waals surface area contributed by atoms with E-state index in [2.05, 4.69) is 10.6 Å². The smallest absolute Gasteiger partial charge is 0.317 e. The number of carbonyl (C=O) groups is 3. The van der Waals surface area contributed by atoms with Gasteiger partial charge in [0.15, 0.2) is 0 Å². The maximum absolute atomic E-state index is 13.3. The van der Waals surface area contributed by atoms with Crippen LogP contribution >= 0.6 is 0 Å². The summed E-state index contributed by atoms with van der Waals surface area (Å²) in [7, 11) is 0. The van der Waals surface area contributed by atoms with E-state index in [0.29, 0.717) is 25.1 Å². The van der Waals surface area contributed by atoms with Gasteiger partial charge in [0.05, 0.1) is 5.92 Å². The van der Waals surface area contributed by atoms with Crippen LogP contribution in [0.2, 0.25) is 0 Å². The van der Waals surface area contributed by atoms with Gasteiger partial charge >= 0.3 is 12.0 Å². The summed E-state index contributed by atoms with van der Waals surface area (Å²) in [5, 5.41) is 14.6. The van der Waals surface area contributed by atoms with E-state index in [-0.39, 0.29) is 24.7 Å². The predicted molar refractivity (Wildman–Crippen MR) is 105 cm³/mol. The van der Waals surface area contributed by atoms with Gasteiger partial charge in [0.2, 0.25) is 0 Å². The molecule has 3 amide bonds. The van der Waals surface area contributed by atoms with Crippen molar-refractivity contribution in [1.82, 2.24) is 10.2 Å². The fourth-order valence-electron chi connectivity index (χ4n) is 3.24. The number of amides is 3. The molecule has 0 spiro atoms. The molecule has 0 radical (unpaired) electrons. The first-order chi connectivity index (χ1) is 13.9. The Morgan fingerprint density at radius 3 is 2.69 bits per heavy atom. The first-order valence-corrected chi connectivity index (χ1v) is 9.34. The molecule has 1 aliphatic rings. The summed E-state index contributed by atoms with van der Waals surface area (Å²) in [6.07, 6.45) is 1.23. The third kappa shape index (κ3) is 5.54. The number of carbonyl (C=O) groups excluding carboxylic acids is 2. The summed E-state index contributed by atoms with van der Waals surface area (Å²) < 4.78 is 13.3. The first kappa shape index (κ1) is 20.3. The van der Waals surface area contributed by atoms with Crippen LogP contribution in [0.25, 0.3) is 0 Å². The first-order valence-electron chi connectivity index (χ1n) is 9.34. The fourth-order valence-corrected chi connectivity index (χ4v) is 3.24. The summed E-state index contributed by atoms with van der Waals surface area (Å²) in [5.41, 5.74) is 1.50. The van der Waals surface area contributed by atoms with Gasteiger partial charge in [0.1, 0.15) is 5.82 Å². The topological polar surface area (TPSA) is 98.7 Å². The molecule has 0 aromatic heterocycles. The van der Waals surface area contributed by atoms with Gasteiger partial charge in [-0.15, -0.1) is 0 Å². The number of hydrogen-bond donors (Lipinski definition) is 3. The summed E-state index contributed by atoms with van der Waals surface area (Å²) in [6, 6.07) is 12.0. The molecular weight excluding hydrogens is 377 g/mol. The maximum atomic E-state index is 13.3. The molecule has 2 aromatic carbocycles. The van der Waals surface area contributed by atoms with Crippen molar-refractivity contribution in [3.8, 4) is 0 Å². The molecule has 3 rings (SSSR count). The molecule has 29 heavy (non-hydrogen) atoms. The number of nitrogens with zero attached hydrogens (tertiary/aromatic N) is 1. The summed E-state index contributed by atoms with van der Waals surface area (Å²) >= 11 is 0. The van der Waals surface area contributed by atoms with Gasteiger partial charge in [-0.25, -0.2) is 9.18 Å². The quantitative estimate of drug-likeness (QED) is 0.720. The molecule has 1 heterocycles. The molecule has 1 saturated heterocycles. The number of hydrogen-bond acceptors (Lipinski definition) is 3. The molecule has 3 N–H and O–H groups in total. The fraction of sp³-hybridized carbons (Fsp3) is 0.286. The molecule has 0 saturated carbocycles. The molecule has 0 bridgehead atoms. The molecule has 2 aromatic rings. The molecule has 8 heteroatoms. The molecule has 1 atom stereocenters. The van der Waals surface area contributed by atoms with E-state index in [1.807, 2.05) is 0 Å². The zero-order valence-corrected chi connectivity index (χ0v) is 15.7. The highest BCUT2D eigenvalue weighted by molar-refractivity contribution is 6.04. The van der Waals surface area contributed by atoms with Crippen molar-refractivity contribution in [2.45, 2.75) is 19.4 Å². The van der Waals surface area contributed by atoms with E-state index in [0.717, 1.165) is 11.6 Å². The van der Waals surface area contributed by atoms with E-state index in [9.17, 15) is 18.8 Å². The second kappa shape index (κ2) is 9.18. The molecular formula is C21H22FN3O4. The van der Waals surface area contributed by atoms with Gasteiger partial charge in [0, 0.05) is 30.9 Å². The van der Waals surface area contributed by atoms with Gasteiger partial charge < -0.3 is 20.6 Å². The molecule has 1 aliphatic heterocycles. The Balaban J connectivity index is 1.56. The van der Waals surface area contributed by atoms with Crippen LogP contribution in [-0.4, -0.2) is 41.0 Å². The Morgan fingerprint density at radius 1 is 1.14 bits per heavy atom. The van der Waals surface area contributed by atoms with E-state index in [4.69, 9.17) is 5.11 Å². The van der Waals surface area contributed by atoms with Crippen LogP contribution in [0, 0.1) is 11.7 Å². The number of urea groups is 1. The molecule has 7 nitrogen and oxygen atoms in total. The Kier molecular flexibility index (Phi) is 6.43. The number of nitrogens with one attached hydrogen (secondary N) is 2. The van der Waals surface area contributed by atoms with Crippen LogP contribution in [0.15, 0.2) is 48.5 Å². The standard InChI is InChI=1S/C21H22FN3O4/c22-17-7-2-5-15(11-17)19(26)24-18-8-1-4-14(10-18)12-23-21(29)25-9-3-6-16(13-25)20(27)28/h1-2,4-5,7-8,10-11,16H,3,6,9,12-13H2,(H,23,29)(H,24,26)(H,27,28). The molecule has 152 valence electrons. The van der Waals surface area contributed by atoms with Crippen LogP contribution in [0.5, 0.6) is 0 Å². The Hall–Kier alpha value is -3.42. The van der Waals surface area contributed by atoms with Gasteiger partial charge in [-0.2, -0.15) is 0 Å². The highest BCUT2D eigenvalue weighted by atomic mass is 19.1. The Labute approximate surface area is 167 Å². The minimum absolute atomic E-state index is 0.199. The van der Waals surface area contributed by atoms with E-state index in [1.165, 1.54) is 23.1 Å². The van der Waals surface area contributed by atoms with E-state index >= 15 is 0 Å². The average Bonchev–Trinajstić information content (AvgIpc) is 2.72. The predicted octanol–water partition coefficient (Wildman–Crippen LogP) is 3.08. The number of carboxylic acid groups (broad SMARTS) is 1. The summed E-state index contributed by atoms with van der Waals surface area (Å²) in [4.78, 5) is 37.2. The van der Waals surface area contributed by atoms with Crippen molar-refractivity contribution in [2.24, 2.45) is 5.92 Å². The summed E-state index contributed by atoms with van der Waals surface area (Å²) in [5.74, 6) is -2.34. The van der Waals surface area contributed by atoms with Crippen molar-refractivity contribution in [2.75, 3.05) is 18.4 Å². The van der Waals surface area contributed by atoms with Crippen molar-refractivity contribution in [3.05, 3.63) is 65.5 Å². The van der Waals surface area contributed by atoms with Crippen molar-refractivity contribution in [3.63, 3.8) is 0 Å². The van der Waals surface area contributed by atoms with Gasteiger partial charge in [-0.3, -0.25) is 9.59 Å². The van der Waals surface area contributed by atoms with Crippen LogP contribution in [0.1, 0.15) is 28.8 Å². The molecule has 1 unspecified atom stereocenters. The number of rotatable bonds is 5. The van der Waals surface area contributed by atoms with Gasteiger partial charge in [-0.1, -0.05) is 18.2 Å². The van der Waals surface area contributed by atoms with Crippen LogP contribution in [0.3, 0.4) is 0 Å². The third-order valence-electron chi connectivity index (χ3n) is 4.77. The van der Waals surface area contributed by atoms with Crippen LogP contribution < -0.4 is 10.6 Å².